The van der Waals surface area contributed by atoms with E-state index < -0.39 is 10.0 Å². The van der Waals surface area contributed by atoms with Crippen LogP contribution < -0.4 is 10.5 Å². The number of hydrogen-bond acceptors (Lipinski definition) is 4. The molecular formula is C12H16N4O2S. The highest BCUT2D eigenvalue weighted by Gasteiger charge is 2.08. The van der Waals surface area contributed by atoms with Crippen molar-refractivity contribution < 1.29 is 8.42 Å². The Morgan fingerprint density at radius 3 is 2.74 bits per heavy atom. The largest absolute Gasteiger partial charge is 0.381 e. The summed E-state index contributed by atoms with van der Waals surface area (Å²) in [6, 6.07) is 6.43. The van der Waals surface area contributed by atoms with Crippen LogP contribution in [0.2, 0.25) is 0 Å². The molecule has 0 amide bonds. The molecule has 1 aromatic carbocycles. The highest BCUT2D eigenvalue weighted by molar-refractivity contribution is 7.89. The van der Waals surface area contributed by atoms with Crippen molar-refractivity contribution in [2.75, 3.05) is 5.32 Å². The minimum absolute atomic E-state index is 0.0976. The minimum atomic E-state index is -3.67. The lowest BCUT2D eigenvalue weighted by Gasteiger charge is -2.07. The van der Waals surface area contributed by atoms with Gasteiger partial charge in [-0.1, -0.05) is 6.07 Å². The van der Waals surface area contributed by atoms with Crippen LogP contribution in [-0.2, 0) is 23.6 Å². The number of aryl methyl sites for hydroxylation is 1. The van der Waals surface area contributed by atoms with E-state index in [4.69, 9.17) is 5.14 Å². The fraction of sp³-hybridized carbons (Fsp3) is 0.250. The molecule has 0 unspecified atom stereocenters. The van der Waals surface area contributed by atoms with Gasteiger partial charge in [-0.25, -0.2) is 13.6 Å². The van der Waals surface area contributed by atoms with Crippen molar-refractivity contribution in [1.29, 1.82) is 0 Å². The van der Waals surface area contributed by atoms with E-state index >= 15 is 0 Å². The number of primary sulfonamides is 1. The van der Waals surface area contributed by atoms with E-state index in [9.17, 15) is 8.42 Å². The number of aromatic nitrogens is 2. The maximum Gasteiger partial charge on any atom is 0.238 e. The molecule has 1 aromatic heterocycles. The summed E-state index contributed by atoms with van der Waals surface area (Å²) in [5.41, 5.74) is 2.83. The van der Waals surface area contributed by atoms with E-state index in [1.54, 1.807) is 23.0 Å². The Morgan fingerprint density at radius 1 is 1.42 bits per heavy atom. The predicted octanol–water partition coefficient (Wildman–Crippen LogP) is 0.988. The zero-order valence-electron chi connectivity index (χ0n) is 10.8. The van der Waals surface area contributed by atoms with E-state index in [1.807, 2.05) is 14.0 Å². The van der Waals surface area contributed by atoms with Crippen LogP contribution >= 0.6 is 0 Å². The molecule has 6 nitrogen and oxygen atoms in total. The van der Waals surface area contributed by atoms with Crippen molar-refractivity contribution in [3.63, 3.8) is 0 Å². The van der Waals surface area contributed by atoms with Gasteiger partial charge in [0.25, 0.3) is 0 Å². The van der Waals surface area contributed by atoms with Crippen LogP contribution in [0.5, 0.6) is 0 Å². The van der Waals surface area contributed by atoms with Gasteiger partial charge >= 0.3 is 0 Å². The molecule has 0 aliphatic heterocycles. The zero-order valence-corrected chi connectivity index (χ0v) is 11.6. The molecule has 0 saturated heterocycles. The summed E-state index contributed by atoms with van der Waals surface area (Å²) in [6.45, 7) is 2.55. The van der Waals surface area contributed by atoms with Gasteiger partial charge in [0.2, 0.25) is 10.0 Å². The summed E-state index contributed by atoms with van der Waals surface area (Å²) >= 11 is 0. The lowest BCUT2D eigenvalue weighted by atomic mass is 10.2. The second-order valence-corrected chi connectivity index (χ2v) is 5.87. The summed E-state index contributed by atoms with van der Waals surface area (Å²) in [5.74, 6) is 0. The summed E-state index contributed by atoms with van der Waals surface area (Å²) in [7, 11) is -1.79. The van der Waals surface area contributed by atoms with E-state index in [2.05, 4.69) is 10.4 Å². The third-order valence-corrected chi connectivity index (χ3v) is 3.89. The highest BCUT2D eigenvalue weighted by atomic mass is 32.2. The van der Waals surface area contributed by atoms with Crippen LogP contribution in [0.1, 0.15) is 11.3 Å². The van der Waals surface area contributed by atoms with Gasteiger partial charge in [0.15, 0.2) is 0 Å². The average molecular weight is 280 g/mol. The fourth-order valence-corrected chi connectivity index (χ4v) is 2.26. The second kappa shape index (κ2) is 5.02. The molecule has 0 saturated carbocycles. The summed E-state index contributed by atoms with van der Waals surface area (Å²) in [4.78, 5) is 0.0976. The van der Waals surface area contributed by atoms with Crippen molar-refractivity contribution in [1.82, 2.24) is 9.78 Å². The summed E-state index contributed by atoms with van der Waals surface area (Å²) < 4.78 is 24.3. The average Bonchev–Trinajstić information content (AvgIpc) is 2.67. The van der Waals surface area contributed by atoms with Gasteiger partial charge in [0.05, 0.1) is 11.1 Å². The van der Waals surface area contributed by atoms with Gasteiger partial charge in [-0.05, 0) is 25.1 Å². The molecular weight excluding hydrogens is 264 g/mol. The molecule has 102 valence electrons. The SMILES string of the molecule is Cc1c(CNc2cccc(S(N)(=O)=O)c2)cnn1C. The molecule has 0 aliphatic carbocycles. The Hall–Kier alpha value is -1.86. The third-order valence-electron chi connectivity index (χ3n) is 2.98. The monoisotopic (exact) mass is 280 g/mol. The number of rotatable bonds is 4. The van der Waals surface area contributed by atoms with Crippen LogP contribution in [0.4, 0.5) is 5.69 Å². The number of sulfonamides is 1. The topological polar surface area (TPSA) is 90.0 Å². The first-order valence-electron chi connectivity index (χ1n) is 5.72. The first-order valence-corrected chi connectivity index (χ1v) is 7.27. The Morgan fingerprint density at radius 2 is 2.16 bits per heavy atom. The molecule has 0 atom stereocenters. The Bertz CT molecular complexity index is 692. The molecule has 2 rings (SSSR count). The maximum absolute atomic E-state index is 11.3. The number of benzene rings is 1. The maximum atomic E-state index is 11.3. The van der Waals surface area contributed by atoms with Crippen molar-refractivity contribution >= 4 is 15.7 Å². The van der Waals surface area contributed by atoms with Crippen LogP contribution in [0.25, 0.3) is 0 Å². The lowest BCUT2D eigenvalue weighted by molar-refractivity contribution is 0.598. The quantitative estimate of drug-likeness (QED) is 0.873. The number of nitrogens with two attached hydrogens (primary N) is 1. The van der Waals surface area contributed by atoms with E-state index in [0.717, 1.165) is 11.3 Å². The van der Waals surface area contributed by atoms with E-state index in [1.165, 1.54) is 12.1 Å². The van der Waals surface area contributed by atoms with E-state index in [0.29, 0.717) is 12.2 Å². The number of nitrogens with one attached hydrogen (secondary N) is 1. The number of anilines is 1. The van der Waals surface area contributed by atoms with Crippen molar-refractivity contribution in [3.05, 3.63) is 41.7 Å². The molecule has 0 bridgehead atoms. The second-order valence-electron chi connectivity index (χ2n) is 4.31. The molecule has 7 heteroatoms. The molecule has 0 fully saturated rings. The van der Waals surface area contributed by atoms with Gasteiger partial charge < -0.3 is 5.32 Å². The molecule has 2 aromatic rings. The minimum Gasteiger partial charge on any atom is -0.381 e. The van der Waals surface area contributed by atoms with Crippen molar-refractivity contribution in [2.45, 2.75) is 18.4 Å². The van der Waals surface area contributed by atoms with Gasteiger partial charge in [0.1, 0.15) is 0 Å². The third kappa shape index (κ3) is 3.12. The van der Waals surface area contributed by atoms with Crippen molar-refractivity contribution in [3.8, 4) is 0 Å². The smallest absolute Gasteiger partial charge is 0.238 e. The van der Waals surface area contributed by atoms with Gasteiger partial charge in [-0.3, -0.25) is 4.68 Å². The molecule has 3 N–H and O–H groups in total. The van der Waals surface area contributed by atoms with Gasteiger partial charge in [-0.2, -0.15) is 5.10 Å². The molecule has 1 heterocycles. The van der Waals surface area contributed by atoms with Crippen LogP contribution in [0.15, 0.2) is 35.4 Å². The summed E-state index contributed by atoms with van der Waals surface area (Å²) in [6.07, 6.45) is 1.78. The van der Waals surface area contributed by atoms with Crippen LogP contribution in [0.3, 0.4) is 0 Å². The molecule has 0 radical (unpaired) electrons. The van der Waals surface area contributed by atoms with Crippen molar-refractivity contribution in [2.24, 2.45) is 12.2 Å². The fourth-order valence-electron chi connectivity index (χ4n) is 1.70. The van der Waals surface area contributed by atoms with Crippen LogP contribution in [-0.4, -0.2) is 18.2 Å². The Kier molecular flexibility index (Phi) is 3.59. The zero-order chi connectivity index (χ0) is 14.0. The molecule has 0 spiro atoms. The van der Waals surface area contributed by atoms with Crippen LogP contribution in [0, 0.1) is 6.92 Å². The number of nitrogens with zero attached hydrogens (tertiary/aromatic N) is 2. The normalized spacial score (nSPS) is 11.5. The molecule has 0 aliphatic rings. The first-order chi connectivity index (χ1) is 8.88. The first kappa shape index (κ1) is 13.6. The lowest BCUT2D eigenvalue weighted by Crippen LogP contribution is -2.12. The predicted molar refractivity (Wildman–Crippen MR) is 73.1 cm³/mol. The Labute approximate surface area is 112 Å². The highest BCUT2D eigenvalue weighted by Crippen LogP contribution is 2.15. The van der Waals surface area contributed by atoms with E-state index in [-0.39, 0.29) is 4.90 Å². The summed E-state index contributed by atoms with van der Waals surface area (Å²) in [5, 5.41) is 12.4. The Balaban J connectivity index is 2.14. The van der Waals surface area contributed by atoms with Gasteiger partial charge in [-0.15, -0.1) is 0 Å². The standard InChI is InChI=1S/C12H16N4O2S/c1-9-10(8-15-16(9)2)7-14-11-4-3-5-12(6-11)19(13,17)18/h3-6,8,14H,7H2,1-2H3,(H2,13,17,18). The number of hydrogen-bond donors (Lipinski definition) is 2. The molecule has 19 heavy (non-hydrogen) atoms. The van der Waals surface area contributed by atoms with Gasteiger partial charge in [0, 0.05) is 30.5 Å².